The van der Waals surface area contributed by atoms with Crippen molar-refractivity contribution >= 4 is 27.3 Å². The second-order valence-corrected chi connectivity index (χ2v) is 5.43. The summed E-state index contributed by atoms with van der Waals surface area (Å²) in [6.45, 7) is 3.04. The molecule has 0 amide bonds. The molecule has 5 heteroatoms. The molecule has 0 aliphatic rings. The van der Waals surface area contributed by atoms with Crippen LogP contribution in [0.25, 0.3) is 0 Å². The Balaban J connectivity index is 2.35. The van der Waals surface area contributed by atoms with Gasteiger partial charge in [0.05, 0.1) is 22.4 Å². The first-order valence-corrected chi connectivity index (χ1v) is 6.91. The number of nitrogens with zero attached hydrogens (tertiary/aromatic N) is 2. The zero-order valence-electron chi connectivity index (χ0n) is 9.06. The SMILES string of the molecule is CCCn1ncc(Br)c1C(N)c1cccs1. The summed E-state index contributed by atoms with van der Waals surface area (Å²) in [6, 6.07) is 3.99. The summed E-state index contributed by atoms with van der Waals surface area (Å²) in [6.07, 6.45) is 2.87. The number of nitrogens with two attached hydrogens (primary N) is 1. The quantitative estimate of drug-likeness (QED) is 0.942. The Morgan fingerprint density at radius 3 is 3.06 bits per heavy atom. The molecule has 2 N–H and O–H groups in total. The van der Waals surface area contributed by atoms with E-state index in [1.165, 1.54) is 4.88 Å². The van der Waals surface area contributed by atoms with Crippen LogP contribution in [0.5, 0.6) is 0 Å². The Kier molecular flexibility index (Phi) is 3.78. The van der Waals surface area contributed by atoms with Gasteiger partial charge in [-0.25, -0.2) is 0 Å². The van der Waals surface area contributed by atoms with Gasteiger partial charge in [-0.15, -0.1) is 11.3 Å². The van der Waals surface area contributed by atoms with Crippen molar-refractivity contribution in [3.8, 4) is 0 Å². The van der Waals surface area contributed by atoms with Gasteiger partial charge < -0.3 is 5.73 Å². The van der Waals surface area contributed by atoms with Crippen LogP contribution in [-0.4, -0.2) is 9.78 Å². The fourth-order valence-corrected chi connectivity index (χ4v) is 2.95. The van der Waals surface area contributed by atoms with E-state index >= 15 is 0 Å². The first-order chi connectivity index (χ1) is 7.74. The summed E-state index contributed by atoms with van der Waals surface area (Å²) in [4.78, 5) is 1.17. The molecule has 0 radical (unpaired) electrons. The highest BCUT2D eigenvalue weighted by Crippen LogP contribution is 2.29. The van der Waals surface area contributed by atoms with Gasteiger partial charge in [0.1, 0.15) is 0 Å². The van der Waals surface area contributed by atoms with E-state index in [-0.39, 0.29) is 6.04 Å². The Labute approximate surface area is 107 Å². The smallest absolute Gasteiger partial charge is 0.0828 e. The van der Waals surface area contributed by atoms with E-state index < -0.39 is 0 Å². The number of aromatic nitrogens is 2. The summed E-state index contributed by atoms with van der Waals surface area (Å²) in [5.74, 6) is 0. The van der Waals surface area contributed by atoms with E-state index in [1.807, 2.05) is 22.3 Å². The molecule has 2 rings (SSSR count). The van der Waals surface area contributed by atoms with Gasteiger partial charge in [-0.1, -0.05) is 13.0 Å². The molecule has 0 aromatic carbocycles. The van der Waals surface area contributed by atoms with E-state index in [2.05, 4.69) is 34.0 Å². The van der Waals surface area contributed by atoms with E-state index in [0.29, 0.717) is 0 Å². The third kappa shape index (κ3) is 2.21. The number of aryl methyl sites for hydroxylation is 1. The molecule has 2 heterocycles. The van der Waals surface area contributed by atoms with Gasteiger partial charge in [0.15, 0.2) is 0 Å². The third-order valence-electron chi connectivity index (χ3n) is 2.41. The number of hydrogen-bond acceptors (Lipinski definition) is 3. The second-order valence-electron chi connectivity index (χ2n) is 3.59. The van der Waals surface area contributed by atoms with Crippen LogP contribution in [0, 0.1) is 0 Å². The molecule has 0 fully saturated rings. The van der Waals surface area contributed by atoms with Gasteiger partial charge in [-0.05, 0) is 33.8 Å². The van der Waals surface area contributed by atoms with Crippen molar-refractivity contribution in [3.63, 3.8) is 0 Å². The minimum atomic E-state index is -0.0941. The largest absolute Gasteiger partial charge is 0.318 e. The van der Waals surface area contributed by atoms with Crippen LogP contribution >= 0.6 is 27.3 Å². The maximum Gasteiger partial charge on any atom is 0.0828 e. The number of thiophene rings is 1. The van der Waals surface area contributed by atoms with Gasteiger partial charge >= 0.3 is 0 Å². The van der Waals surface area contributed by atoms with Gasteiger partial charge in [-0.2, -0.15) is 5.10 Å². The predicted octanol–water partition coefficient (Wildman–Crippen LogP) is 3.17. The van der Waals surface area contributed by atoms with Crippen molar-refractivity contribution in [1.29, 1.82) is 0 Å². The summed E-state index contributed by atoms with van der Waals surface area (Å²) in [5.41, 5.74) is 7.32. The molecule has 2 aromatic rings. The van der Waals surface area contributed by atoms with Crippen molar-refractivity contribution in [3.05, 3.63) is 38.8 Å². The van der Waals surface area contributed by atoms with Crippen molar-refractivity contribution in [2.45, 2.75) is 25.9 Å². The second kappa shape index (κ2) is 5.12. The highest BCUT2D eigenvalue weighted by atomic mass is 79.9. The van der Waals surface area contributed by atoms with Gasteiger partial charge in [0.2, 0.25) is 0 Å². The van der Waals surface area contributed by atoms with Crippen molar-refractivity contribution in [2.75, 3.05) is 0 Å². The minimum absolute atomic E-state index is 0.0941. The molecular formula is C11H14BrN3S. The van der Waals surface area contributed by atoms with Crippen LogP contribution in [-0.2, 0) is 6.54 Å². The molecule has 0 aliphatic carbocycles. The lowest BCUT2D eigenvalue weighted by Gasteiger charge is -2.13. The van der Waals surface area contributed by atoms with Crippen LogP contribution in [0.4, 0.5) is 0 Å². The van der Waals surface area contributed by atoms with Crippen LogP contribution in [0.1, 0.15) is 30.0 Å². The predicted molar refractivity (Wildman–Crippen MR) is 70.6 cm³/mol. The highest BCUT2D eigenvalue weighted by Gasteiger charge is 2.18. The topological polar surface area (TPSA) is 43.8 Å². The van der Waals surface area contributed by atoms with E-state index in [4.69, 9.17) is 5.73 Å². The lowest BCUT2D eigenvalue weighted by atomic mass is 10.2. The van der Waals surface area contributed by atoms with Gasteiger partial charge in [0.25, 0.3) is 0 Å². The van der Waals surface area contributed by atoms with E-state index in [9.17, 15) is 0 Å². The average Bonchev–Trinajstić information content (AvgIpc) is 2.88. The zero-order chi connectivity index (χ0) is 11.5. The first-order valence-electron chi connectivity index (χ1n) is 5.24. The molecular weight excluding hydrogens is 286 g/mol. The fourth-order valence-electron chi connectivity index (χ4n) is 1.67. The number of hydrogen-bond donors (Lipinski definition) is 1. The molecule has 1 unspecified atom stereocenters. The van der Waals surface area contributed by atoms with E-state index in [0.717, 1.165) is 23.1 Å². The lowest BCUT2D eigenvalue weighted by Crippen LogP contribution is -2.17. The molecule has 0 saturated heterocycles. The van der Waals surface area contributed by atoms with Crippen molar-refractivity contribution in [2.24, 2.45) is 5.73 Å². The van der Waals surface area contributed by atoms with Crippen molar-refractivity contribution < 1.29 is 0 Å². The Morgan fingerprint density at radius 1 is 1.62 bits per heavy atom. The molecule has 1 atom stereocenters. The zero-order valence-corrected chi connectivity index (χ0v) is 11.5. The third-order valence-corrected chi connectivity index (χ3v) is 3.98. The Hall–Kier alpha value is -0.650. The highest BCUT2D eigenvalue weighted by molar-refractivity contribution is 9.10. The molecule has 3 nitrogen and oxygen atoms in total. The average molecular weight is 300 g/mol. The van der Waals surface area contributed by atoms with Crippen molar-refractivity contribution in [1.82, 2.24) is 9.78 Å². The molecule has 0 bridgehead atoms. The van der Waals surface area contributed by atoms with Crippen LogP contribution in [0.3, 0.4) is 0 Å². The summed E-state index contributed by atoms with van der Waals surface area (Å²) < 4.78 is 2.97. The summed E-state index contributed by atoms with van der Waals surface area (Å²) in [5, 5.41) is 6.38. The lowest BCUT2D eigenvalue weighted by molar-refractivity contribution is 0.560. The molecule has 0 spiro atoms. The summed E-state index contributed by atoms with van der Waals surface area (Å²) in [7, 11) is 0. The number of halogens is 1. The van der Waals surface area contributed by atoms with Gasteiger partial charge in [-0.3, -0.25) is 4.68 Å². The minimum Gasteiger partial charge on any atom is -0.318 e. The standard InChI is InChI=1S/C11H14BrN3S/c1-2-5-15-11(8(12)7-14-15)10(13)9-4-3-6-16-9/h3-4,6-7,10H,2,5,13H2,1H3. The molecule has 0 aliphatic heterocycles. The summed E-state index contributed by atoms with van der Waals surface area (Å²) >= 11 is 5.19. The first kappa shape index (κ1) is 11.8. The van der Waals surface area contributed by atoms with Gasteiger partial charge in [0, 0.05) is 11.4 Å². The Bertz CT molecular complexity index is 450. The normalized spacial score (nSPS) is 12.9. The number of rotatable bonds is 4. The fraction of sp³-hybridized carbons (Fsp3) is 0.364. The maximum absolute atomic E-state index is 6.26. The van der Waals surface area contributed by atoms with Crippen LogP contribution in [0.15, 0.2) is 28.2 Å². The molecule has 2 aromatic heterocycles. The van der Waals surface area contributed by atoms with Crippen LogP contribution < -0.4 is 5.73 Å². The van der Waals surface area contributed by atoms with E-state index in [1.54, 1.807) is 11.3 Å². The molecule has 16 heavy (non-hydrogen) atoms. The maximum atomic E-state index is 6.26. The molecule has 0 saturated carbocycles. The van der Waals surface area contributed by atoms with Crippen LogP contribution in [0.2, 0.25) is 0 Å². The Morgan fingerprint density at radius 2 is 2.44 bits per heavy atom. The molecule has 86 valence electrons. The monoisotopic (exact) mass is 299 g/mol.